The largest absolute Gasteiger partial charge is 0.368 e. The van der Waals surface area contributed by atoms with Crippen molar-refractivity contribution < 1.29 is 4.39 Å². The van der Waals surface area contributed by atoms with Gasteiger partial charge in [0, 0.05) is 19.6 Å². The fourth-order valence-electron chi connectivity index (χ4n) is 2.09. The Bertz CT molecular complexity index is 310. The molecule has 0 aromatic heterocycles. The Morgan fingerprint density at radius 1 is 1.27 bits per heavy atom. The molecule has 2 rings (SSSR count). The van der Waals surface area contributed by atoms with Crippen LogP contribution in [0.3, 0.4) is 0 Å². The van der Waals surface area contributed by atoms with E-state index in [2.05, 4.69) is 10.2 Å². The second-order valence-electron chi connectivity index (χ2n) is 4.00. The van der Waals surface area contributed by atoms with Crippen molar-refractivity contribution in [1.29, 1.82) is 0 Å². The molecule has 0 bridgehead atoms. The third kappa shape index (κ3) is 2.29. The molecule has 0 aliphatic carbocycles. The van der Waals surface area contributed by atoms with E-state index < -0.39 is 0 Å². The van der Waals surface area contributed by atoms with Crippen molar-refractivity contribution in [2.75, 3.05) is 31.1 Å². The highest BCUT2D eigenvalue weighted by Crippen LogP contribution is 2.24. The molecule has 1 aliphatic rings. The minimum Gasteiger partial charge on any atom is -0.368 e. The van der Waals surface area contributed by atoms with E-state index in [1.165, 1.54) is 0 Å². The van der Waals surface area contributed by atoms with Crippen LogP contribution in [0, 0.1) is 12.7 Å². The SMILES string of the molecule is Cc1cccc(F)c1N1CCCNCC1. The predicted octanol–water partition coefficient (Wildman–Crippen LogP) is 1.93. The van der Waals surface area contributed by atoms with Crippen LogP contribution in [0.5, 0.6) is 0 Å². The van der Waals surface area contributed by atoms with Crippen molar-refractivity contribution in [3.8, 4) is 0 Å². The molecule has 82 valence electrons. The summed E-state index contributed by atoms with van der Waals surface area (Å²) in [6, 6.07) is 5.28. The summed E-state index contributed by atoms with van der Waals surface area (Å²) < 4.78 is 13.7. The first-order valence-electron chi connectivity index (χ1n) is 5.50. The number of anilines is 1. The fourth-order valence-corrected chi connectivity index (χ4v) is 2.09. The van der Waals surface area contributed by atoms with E-state index >= 15 is 0 Å². The number of hydrogen-bond donors (Lipinski definition) is 1. The number of benzene rings is 1. The Labute approximate surface area is 90.1 Å². The number of aryl methyl sites for hydroxylation is 1. The van der Waals surface area contributed by atoms with E-state index in [1.54, 1.807) is 12.1 Å². The molecule has 1 N–H and O–H groups in total. The Kier molecular flexibility index (Phi) is 3.21. The quantitative estimate of drug-likeness (QED) is 0.758. The molecule has 0 saturated carbocycles. The second kappa shape index (κ2) is 4.62. The zero-order valence-corrected chi connectivity index (χ0v) is 9.09. The van der Waals surface area contributed by atoms with Gasteiger partial charge in [0.05, 0.1) is 5.69 Å². The van der Waals surface area contributed by atoms with Crippen LogP contribution in [0.25, 0.3) is 0 Å². The zero-order chi connectivity index (χ0) is 10.7. The molecule has 1 aromatic carbocycles. The van der Waals surface area contributed by atoms with Gasteiger partial charge in [-0.15, -0.1) is 0 Å². The Morgan fingerprint density at radius 3 is 2.93 bits per heavy atom. The van der Waals surface area contributed by atoms with Crippen LogP contribution in [0.1, 0.15) is 12.0 Å². The van der Waals surface area contributed by atoms with Crippen LogP contribution in [0.4, 0.5) is 10.1 Å². The lowest BCUT2D eigenvalue weighted by molar-refractivity contribution is 0.616. The van der Waals surface area contributed by atoms with Gasteiger partial charge in [-0.3, -0.25) is 0 Å². The van der Waals surface area contributed by atoms with Crippen molar-refractivity contribution in [1.82, 2.24) is 5.32 Å². The first-order chi connectivity index (χ1) is 7.29. The van der Waals surface area contributed by atoms with Crippen molar-refractivity contribution in [2.24, 2.45) is 0 Å². The first kappa shape index (κ1) is 10.4. The molecule has 1 aromatic rings. The van der Waals surface area contributed by atoms with Gasteiger partial charge in [0.15, 0.2) is 0 Å². The number of rotatable bonds is 1. The van der Waals surface area contributed by atoms with E-state index in [1.807, 2.05) is 13.0 Å². The number of nitrogens with zero attached hydrogens (tertiary/aromatic N) is 1. The maximum atomic E-state index is 13.7. The lowest BCUT2D eigenvalue weighted by Gasteiger charge is -2.24. The highest BCUT2D eigenvalue weighted by Gasteiger charge is 2.15. The summed E-state index contributed by atoms with van der Waals surface area (Å²) in [5.41, 5.74) is 1.80. The molecule has 1 heterocycles. The van der Waals surface area contributed by atoms with Gasteiger partial charge in [-0.2, -0.15) is 0 Å². The summed E-state index contributed by atoms with van der Waals surface area (Å²) >= 11 is 0. The molecule has 1 fully saturated rings. The minimum absolute atomic E-state index is 0.100. The topological polar surface area (TPSA) is 15.3 Å². The summed E-state index contributed by atoms with van der Waals surface area (Å²) in [4.78, 5) is 2.14. The first-order valence-corrected chi connectivity index (χ1v) is 5.50. The van der Waals surface area contributed by atoms with E-state index in [4.69, 9.17) is 0 Å². The smallest absolute Gasteiger partial charge is 0.146 e. The normalized spacial score (nSPS) is 17.6. The second-order valence-corrected chi connectivity index (χ2v) is 4.00. The van der Waals surface area contributed by atoms with E-state index in [9.17, 15) is 4.39 Å². The van der Waals surface area contributed by atoms with E-state index in [-0.39, 0.29) is 5.82 Å². The number of halogens is 1. The molecule has 0 unspecified atom stereocenters. The van der Waals surface area contributed by atoms with Crippen molar-refractivity contribution >= 4 is 5.69 Å². The molecule has 15 heavy (non-hydrogen) atoms. The van der Waals surface area contributed by atoms with Crippen LogP contribution < -0.4 is 10.2 Å². The lowest BCUT2D eigenvalue weighted by atomic mass is 10.1. The molecule has 1 saturated heterocycles. The summed E-state index contributed by atoms with van der Waals surface area (Å²) in [6.07, 6.45) is 1.08. The van der Waals surface area contributed by atoms with Crippen LogP contribution in [-0.4, -0.2) is 26.2 Å². The standard InChI is InChI=1S/C12H17FN2/c1-10-4-2-5-11(13)12(10)15-8-3-6-14-7-9-15/h2,4-5,14H,3,6-9H2,1H3. The number of nitrogens with one attached hydrogen (secondary N) is 1. The molecule has 0 spiro atoms. The molecular weight excluding hydrogens is 191 g/mol. The average molecular weight is 208 g/mol. The van der Waals surface area contributed by atoms with Gasteiger partial charge < -0.3 is 10.2 Å². The maximum Gasteiger partial charge on any atom is 0.146 e. The summed E-state index contributed by atoms with van der Waals surface area (Å²) in [6.45, 7) is 5.77. The molecule has 0 amide bonds. The van der Waals surface area contributed by atoms with Crippen LogP contribution >= 0.6 is 0 Å². The van der Waals surface area contributed by atoms with Crippen molar-refractivity contribution in [3.63, 3.8) is 0 Å². The Hall–Kier alpha value is -1.09. The van der Waals surface area contributed by atoms with Gasteiger partial charge in [0.25, 0.3) is 0 Å². The van der Waals surface area contributed by atoms with Crippen LogP contribution in [-0.2, 0) is 0 Å². The number of para-hydroxylation sites is 1. The third-order valence-electron chi connectivity index (χ3n) is 2.84. The van der Waals surface area contributed by atoms with Crippen molar-refractivity contribution in [2.45, 2.75) is 13.3 Å². The third-order valence-corrected chi connectivity index (χ3v) is 2.84. The molecule has 1 aliphatic heterocycles. The summed E-state index contributed by atoms with van der Waals surface area (Å²) in [5.74, 6) is -0.100. The Balaban J connectivity index is 2.26. The summed E-state index contributed by atoms with van der Waals surface area (Å²) in [7, 11) is 0. The fraction of sp³-hybridized carbons (Fsp3) is 0.500. The number of hydrogen-bond acceptors (Lipinski definition) is 2. The van der Waals surface area contributed by atoms with Crippen molar-refractivity contribution in [3.05, 3.63) is 29.6 Å². The monoisotopic (exact) mass is 208 g/mol. The van der Waals surface area contributed by atoms with Gasteiger partial charge in [-0.25, -0.2) is 4.39 Å². The van der Waals surface area contributed by atoms with E-state index in [0.29, 0.717) is 0 Å². The molecule has 0 atom stereocenters. The summed E-state index contributed by atoms with van der Waals surface area (Å²) in [5, 5.41) is 3.32. The van der Waals surface area contributed by atoms with Crippen LogP contribution in [0.2, 0.25) is 0 Å². The van der Waals surface area contributed by atoms with E-state index in [0.717, 1.165) is 43.9 Å². The van der Waals surface area contributed by atoms with Gasteiger partial charge in [-0.05, 0) is 31.5 Å². The zero-order valence-electron chi connectivity index (χ0n) is 9.09. The van der Waals surface area contributed by atoms with Gasteiger partial charge in [-0.1, -0.05) is 12.1 Å². The molecular formula is C12H17FN2. The highest BCUT2D eigenvalue weighted by atomic mass is 19.1. The molecule has 3 heteroatoms. The Morgan fingerprint density at radius 2 is 2.13 bits per heavy atom. The van der Waals surface area contributed by atoms with Crippen LogP contribution in [0.15, 0.2) is 18.2 Å². The molecule has 2 nitrogen and oxygen atoms in total. The molecule has 0 radical (unpaired) electrons. The lowest BCUT2D eigenvalue weighted by Crippen LogP contribution is -2.29. The maximum absolute atomic E-state index is 13.7. The van der Waals surface area contributed by atoms with Gasteiger partial charge in [0.2, 0.25) is 0 Å². The highest BCUT2D eigenvalue weighted by molar-refractivity contribution is 5.54. The predicted molar refractivity (Wildman–Crippen MR) is 60.8 cm³/mol. The van der Waals surface area contributed by atoms with Gasteiger partial charge in [0.1, 0.15) is 5.82 Å². The van der Waals surface area contributed by atoms with Gasteiger partial charge >= 0.3 is 0 Å². The average Bonchev–Trinajstić information content (AvgIpc) is 2.46. The minimum atomic E-state index is -0.100.